The first kappa shape index (κ1) is 11.7. The predicted octanol–water partition coefficient (Wildman–Crippen LogP) is 4.16. The fourth-order valence-electron chi connectivity index (χ4n) is 2.08. The van der Waals surface area contributed by atoms with Crippen molar-refractivity contribution in [3.63, 3.8) is 0 Å². The maximum absolute atomic E-state index is 5.67. The van der Waals surface area contributed by atoms with Gasteiger partial charge in [0.2, 0.25) is 5.90 Å². The summed E-state index contributed by atoms with van der Waals surface area (Å²) in [5.74, 6) is 0.754. The lowest BCUT2D eigenvalue weighted by atomic mass is 10.1. The minimum Gasteiger partial charge on any atom is -0.475 e. The van der Waals surface area contributed by atoms with E-state index in [4.69, 9.17) is 4.74 Å². The summed E-state index contributed by atoms with van der Waals surface area (Å²) in [7, 11) is 0. The van der Waals surface area contributed by atoms with Crippen LogP contribution >= 0.6 is 15.9 Å². The van der Waals surface area contributed by atoms with E-state index in [2.05, 4.69) is 65.1 Å². The second-order valence-electron chi connectivity index (χ2n) is 5.22. The molecule has 0 aliphatic carbocycles. The molecule has 92 valence electrons. The third kappa shape index (κ3) is 2.15. The van der Waals surface area contributed by atoms with Crippen LogP contribution in [0.3, 0.4) is 0 Å². The monoisotopic (exact) mass is 303 g/mol. The van der Waals surface area contributed by atoms with Crippen LogP contribution in [0, 0.1) is 0 Å². The van der Waals surface area contributed by atoms with E-state index in [0.717, 1.165) is 15.9 Å². The van der Waals surface area contributed by atoms with Gasteiger partial charge in [0.15, 0.2) is 0 Å². The van der Waals surface area contributed by atoms with Gasteiger partial charge in [-0.25, -0.2) is 4.99 Å². The predicted molar refractivity (Wildman–Crippen MR) is 78.2 cm³/mol. The Morgan fingerprint density at radius 2 is 1.83 bits per heavy atom. The summed E-state index contributed by atoms with van der Waals surface area (Å²) in [6, 6.07) is 12.6. The highest BCUT2D eigenvalue weighted by atomic mass is 79.9. The third-order valence-electron chi connectivity index (χ3n) is 3.02. The van der Waals surface area contributed by atoms with Crippen molar-refractivity contribution < 1.29 is 4.74 Å². The number of rotatable bonds is 1. The van der Waals surface area contributed by atoms with Crippen molar-refractivity contribution in [2.24, 2.45) is 4.99 Å². The van der Waals surface area contributed by atoms with Crippen LogP contribution in [0.25, 0.3) is 10.8 Å². The molecule has 18 heavy (non-hydrogen) atoms. The fraction of sp³-hybridized carbons (Fsp3) is 0.267. The highest BCUT2D eigenvalue weighted by Gasteiger charge is 2.26. The van der Waals surface area contributed by atoms with Gasteiger partial charge in [0.05, 0.1) is 5.54 Å². The van der Waals surface area contributed by atoms with Crippen LogP contribution in [-0.4, -0.2) is 18.0 Å². The van der Waals surface area contributed by atoms with Crippen LogP contribution in [0.4, 0.5) is 0 Å². The molecule has 0 fully saturated rings. The molecule has 0 saturated heterocycles. The summed E-state index contributed by atoms with van der Waals surface area (Å²) in [5, 5.41) is 2.41. The van der Waals surface area contributed by atoms with E-state index in [1.54, 1.807) is 0 Å². The zero-order valence-corrected chi connectivity index (χ0v) is 12.0. The minimum absolute atomic E-state index is 0.107. The van der Waals surface area contributed by atoms with E-state index < -0.39 is 0 Å². The molecule has 1 heterocycles. The van der Waals surface area contributed by atoms with E-state index in [1.807, 2.05) is 6.07 Å². The molecule has 2 nitrogen and oxygen atoms in total. The van der Waals surface area contributed by atoms with Gasteiger partial charge in [0.1, 0.15) is 6.61 Å². The van der Waals surface area contributed by atoms with Crippen molar-refractivity contribution >= 4 is 32.6 Å². The van der Waals surface area contributed by atoms with Gasteiger partial charge in [-0.1, -0.05) is 28.1 Å². The van der Waals surface area contributed by atoms with Gasteiger partial charge >= 0.3 is 0 Å². The lowest BCUT2D eigenvalue weighted by Gasteiger charge is -2.07. The molecule has 3 heteroatoms. The number of nitrogens with zero attached hydrogens (tertiary/aromatic N) is 1. The number of halogens is 1. The Labute approximate surface area is 115 Å². The van der Waals surface area contributed by atoms with Gasteiger partial charge in [-0.2, -0.15) is 0 Å². The van der Waals surface area contributed by atoms with Crippen molar-refractivity contribution in [1.29, 1.82) is 0 Å². The molecule has 0 saturated carbocycles. The van der Waals surface area contributed by atoms with Crippen molar-refractivity contribution in [2.45, 2.75) is 19.4 Å². The number of ether oxygens (including phenoxy) is 1. The Bertz CT molecular complexity index is 646. The molecule has 0 atom stereocenters. The van der Waals surface area contributed by atoms with Crippen LogP contribution in [0.1, 0.15) is 19.4 Å². The second-order valence-corrected chi connectivity index (χ2v) is 6.14. The van der Waals surface area contributed by atoms with Crippen molar-refractivity contribution in [3.8, 4) is 0 Å². The molecule has 2 aromatic carbocycles. The molecular weight excluding hydrogens is 290 g/mol. The summed E-state index contributed by atoms with van der Waals surface area (Å²) >= 11 is 3.48. The standard InChI is InChI=1S/C15H14BrNO/c1-15(2)9-18-14(17-15)12-4-3-11-8-13(16)6-5-10(11)7-12/h3-8H,9H2,1-2H3. The van der Waals surface area contributed by atoms with E-state index in [-0.39, 0.29) is 5.54 Å². The van der Waals surface area contributed by atoms with Gasteiger partial charge in [-0.15, -0.1) is 0 Å². The van der Waals surface area contributed by atoms with Gasteiger partial charge in [-0.05, 0) is 48.9 Å². The molecule has 1 aliphatic rings. The van der Waals surface area contributed by atoms with Crippen LogP contribution in [-0.2, 0) is 4.74 Å². The molecule has 0 amide bonds. The zero-order valence-electron chi connectivity index (χ0n) is 10.4. The third-order valence-corrected chi connectivity index (χ3v) is 3.51. The first-order valence-corrected chi connectivity index (χ1v) is 6.75. The SMILES string of the molecule is CC1(C)COC(c2ccc3cc(Br)ccc3c2)=N1. The van der Waals surface area contributed by atoms with E-state index in [9.17, 15) is 0 Å². The van der Waals surface area contributed by atoms with Crippen LogP contribution in [0.5, 0.6) is 0 Å². The topological polar surface area (TPSA) is 21.6 Å². The normalized spacial score (nSPS) is 17.6. The van der Waals surface area contributed by atoms with Gasteiger partial charge in [-0.3, -0.25) is 0 Å². The number of benzene rings is 2. The lowest BCUT2D eigenvalue weighted by molar-refractivity contribution is 0.279. The van der Waals surface area contributed by atoms with Gasteiger partial charge in [0.25, 0.3) is 0 Å². The Morgan fingerprint density at radius 3 is 2.56 bits per heavy atom. The second kappa shape index (κ2) is 4.09. The van der Waals surface area contributed by atoms with Crippen LogP contribution < -0.4 is 0 Å². The molecule has 0 spiro atoms. The van der Waals surface area contributed by atoms with Crippen LogP contribution in [0.15, 0.2) is 45.9 Å². The molecule has 0 radical (unpaired) electrons. The van der Waals surface area contributed by atoms with E-state index >= 15 is 0 Å². The lowest BCUT2D eigenvalue weighted by Crippen LogP contribution is -2.17. The number of hydrogen-bond donors (Lipinski definition) is 0. The van der Waals surface area contributed by atoms with Crippen molar-refractivity contribution in [2.75, 3.05) is 6.61 Å². The summed E-state index contributed by atoms with van der Waals surface area (Å²) in [5.41, 5.74) is 0.944. The van der Waals surface area contributed by atoms with Gasteiger partial charge in [0, 0.05) is 10.0 Å². The summed E-state index contributed by atoms with van der Waals surface area (Å²) in [6.07, 6.45) is 0. The summed E-state index contributed by atoms with van der Waals surface area (Å²) in [4.78, 5) is 4.60. The van der Waals surface area contributed by atoms with E-state index in [0.29, 0.717) is 6.61 Å². The van der Waals surface area contributed by atoms with Crippen molar-refractivity contribution in [3.05, 3.63) is 46.4 Å². The Balaban J connectivity index is 2.07. The summed E-state index contributed by atoms with van der Waals surface area (Å²) < 4.78 is 6.76. The molecule has 0 N–H and O–H groups in total. The summed E-state index contributed by atoms with van der Waals surface area (Å²) in [6.45, 7) is 4.82. The maximum atomic E-state index is 5.67. The molecule has 0 aromatic heterocycles. The number of fused-ring (bicyclic) bond motifs is 1. The van der Waals surface area contributed by atoms with Crippen molar-refractivity contribution in [1.82, 2.24) is 0 Å². The molecule has 3 rings (SSSR count). The molecule has 1 aliphatic heterocycles. The van der Waals surface area contributed by atoms with E-state index in [1.165, 1.54) is 10.8 Å². The molecule has 2 aromatic rings. The Morgan fingerprint density at radius 1 is 1.11 bits per heavy atom. The average Bonchev–Trinajstić information content (AvgIpc) is 2.69. The zero-order chi connectivity index (χ0) is 12.8. The maximum Gasteiger partial charge on any atom is 0.216 e. The Hall–Kier alpha value is -1.35. The highest BCUT2D eigenvalue weighted by Crippen LogP contribution is 2.24. The van der Waals surface area contributed by atoms with Gasteiger partial charge < -0.3 is 4.74 Å². The highest BCUT2D eigenvalue weighted by molar-refractivity contribution is 9.10. The minimum atomic E-state index is -0.107. The largest absolute Gasteiger partial charge is 0.475 e. The molecule has 0 bridgehead atoms. The number of hydrogen-bond acceptors (Lipinski definition) is 2. The quantitative estimate of drug-likeness (QED) is 0.775. The number of aliphatic imine (C=N–C) groups is 1. The first-order chi connectivity index (χ1) is 8.53. The average molecular weight is 304 g/mol. The smallest absolute Gasteiger partial charge is 0.216 e. The molecule has 0 unspecified atom stereocenters. The fourth-order valence-corrected chi connectivity index (χ4v) is 2.46. The Kier molecular flexibility index (Phi) is 2.67. The first-order valence-electron chi connectivity index (χ1n) is 5.96. The van der Waals surface area contributed by atoms with Crippen LogP contribution in [0.2, 0.25) is 0 Å². The molecular formula is C15H14BrNO.